The van der Waals surface area contributed by atoms with E-state index in [0.29, 0.717) is 5.69 Å². The van der Waals surface area contributed by atoms with Gasteiger partial charge in [-0.15, -0.1) is 0 Å². The Morgan fingerprint density at radius 2 is 1.60 bits per heavy atom. The molecule has 1 unspecified atom stereocenters. The molecule has 0 spiro atoms. The minimum atomic E-state index is -0.651. The van der Waals surface area contributed by atoms with Crippen molar-refractivity contribution in [3.63, 3.8) is 0 Å². The monoisotopic (exact) mass is 406 g/mol. The first-order valence-corrected chi connectivity index (χ1v) is 10.2. The number of benzene rings is 2. The van der Waals surface area contributed by atoms with Crippen molar-refractivity contribution in [1.29, 1.82) is 0 Å². The average molecular weight is 407 g/mol. The summed E-state index contributed by atoms with van der Waals surface area (Å²) in [4.78, 5) is 29.2. The van der Waals surface area contributed by atoms with Crippen molar-refractivity contribution in [3.05, 3.63) is 71.0 Å². The van der Waals surface area contributed by atoms with Gasteiger partial charge >= 0.3 is 0 Å². The SMILES string of the molecule is CCC(=O)C1=C(O)C(=O)N(c2ccc(C(C)(C)C)cc2)C1c1ccc(N(C)C)cc1. The van der Waals surface area contributed by atoms with Crippen LogP contribution in [0.2, 0.25) is 0 Å². The van der Waals surface area contributed by atoms with Gasteiger partial charge in [0.05, 0.1) is 11.6 Å². The lowest BCUT2D eigenvalue weighted by Gasteiger charge is -2.28. The Morgan fingerprint density at radius 1 is 1.03 bits per heavy atom. The van der Waals surface area contributed by atoms with Crippen molar-refractivity contribution >= 4 is 23.1 Å². The predicted octanol–water partition coefficient (Wildman–Crippen LogP) is 4.93. The summed E-state index contributed by atoms with van der Waals surface area (Å²) >= 11 is 0. The Hall–Kier alpha value is -3.08. The maximum Gasteiger partial charge on any atom is 0.294 e. The summed E-state index contributed by atoms with van der Waals surface area (Å²) in [5.41, 5.74) is 3.75. The summed E-state index contributed by atoms with van der Waals surface area (Å²) in [5.74, 6) is -1.23. The number of hydrogen-bond donors (Lipinski definition) is 1. The van der Waals surface area contributed by atoms with Gasteiger partial charge in [-0.05, 0) is 40.8 Å². The fourth-order valence-corrected chi connectivity index (χ4v) is 3.74. The first-order chi connectivity index (χ1) is 14.1. The number of ketones is 1. The molecule has 30 heavy (non-hydrogen) atoms. The highest BCUT2D eigenvalue weighted by atomic mass is 16.3. The van der Waals surface area contributed by atoms with E-state index < -0.39 is 17.7 Å². The lowest BCUT2D eigenvalue weighted by atomic mass is 9.87. The topological polar surface area (TPSA) is 60.9 Å². The van der Waals surface area contributed by atoms with E-state index in [1.807, 2.05) is 67.5 Å². The second-order valence-electron chi connectivity index (χ2n) is 8.90. The molecule has 5 nitrogen and oxygen atoms in total. The third-order valence-corrected chi connectivity index (χ3v) is 5.57. The second kappa shape index (κ2) is 7.98. The highest BCUT2D eigenvalue weighted by Crippen LogP contribution is 2.42. The van der Waals surface area contributed by atoms with Gasteiger partial charge in [0.2, 0.25) is 0 Å². The van der Waals surface area contributed by atoms with E-state index in [0.717, 1.165) is 16.8 Å². The number of aliphatic hydroxyl groups is 1. The molecule has 0 aliphatic carbocycles. The summed E-state index contributed by atoms with van der Waals surface area (Å²) in [6.07, 6.45) is 0.218. The van der Waals surface area contributed by atoms with E-state index in [1.54, 1.807) is 6.92 Å². The minimum absolute atomic E-state index is 0.0152. The summed E-state index contributed by atoms with van der Waals surface area (Å²) in [6, 6.07) is 14.8. The van der Waals surface area contributed by atoms with Crippen molar-refractivity contribution < 1.29 is 14.7 Å². The molecular formula is C25H30N2O3. The molecule has 0 saturated carbocycles. The molecule has 0 fully saturated rings. The number of anilines is 2. The lowest BCUT2D eigenvalue weighted by Crippen LogP contribution is -2.31. The molecule has 0 radical (unpaired) electrons. The fourth-order valence-electron chi connectivity index (χ4n) is 3.74. The number of nitrogens with zero attached hydrogens (tertiary/aromatic N) is 2. The Labute approximate surface area is 178 Å². The zero-order valence-electron chi connectivity index (χ0n) is 18.6. The molecule has 2 aromatic carbocycles. The number of aliphatic hydroxyl groups excluding tert-OH is 1. The van der Waals surface area contributed by atoms with Crippen molar-refractivity contribution in [1.82, 2.24) is 0 Å². The van der Waals surface area contributed by atoms with Gasteiger partial charge < -0.3 is 10.0 Å². The van der Waals surface area contributed by atoms with Crippen LogP contribution in [0.1, 0.15) is 51.3 Å². The third kappa shape index (κ3) is 3.84. The van der Waals surface area contributed by atoms with Gasteiger partial charge in [0.25, 0.3) is 5.91 Å². The summed E-state index contributed by atoms with van der Waals surface area (Å²) in [7, 11) is 3.91. The zero-order chi connectivity index (χ0) is 22.2. The van der Waals surface area contributed by atoms with E-state index in [9.17, 15) is 14.7 Å². The van der Waals surface area contributed by atoms with Gasteiger partial charge in [0.1, 0.15) is 0 Å². The van der Waals surface area contributed by atoms with Gasteiger partial charge in [-0.3, -0.25) is 14.5 Å². The van der Waals surface area contributed by atoms with Gasteiger partial charge in [-0.2, -0.15) is 0 Å². The Bertz CT molecular complexity index is 981. The highest BCUT2D eigenvalue weighted by molar-refractivity contribution is 6.16. The van der Waals surface area contributed by atoms with Crippen LogP contribution in [0.15, 0.2) is 59.9 Å². The Kier molecular flexibility index (Phi) is 5.75. The Morgan fingerprint density at radius 3 is 2.07 bits per heavy atom. The van der Waals surface area contributed by atoms with Crippen LogP contribution in [0.5, 0.6) is 0 Å². The van der Waals surface area contributed by atoms with E-state index in [4.69, 9.17) is 0 Å². The van der Waals surface area contributed by atoms with E-state index in [2.05, 4.69) is 20.8 Å². The first-order valence-electron chi connectivity index (χ1n) is 10.2. The van der Waals surface area contributed by atoms with E-state index in [1.165, 1.54) is 4.90 Å². The molecule has 5 heteroatoms. The molecule has 1 N–H and O–H groups in total. The molecule has 3 rings (SSSR count). The normalized spacial score (nSPS) is 16.9. The highest BCUT2D eigenvalue weighted by Gasteiger charge is 2.43. The first kappa shape index (κ1) is 21.6. The van der Waals surface area contributed by atoms with Crippen LogP contribution in [-0.2, 0) is 15.0 Å². The second-order valence-corrected chi connectivity index (χ2v) is 8.90. The molecule has 0 saturated heterocycles. The molecule has 0 bridgehead atoms. The maximum atomic E-state index is 13.0. The van der Waals surface area contributed by atoms with Crippen molar-refractivity contribution in [2.24, 2.45) is 0 Å². The number of amides is 1. The van der Waals surface area contributed by atoms with Crippen molar-refractivity contribution in [2.75, 3.05) is 23.9 Å². The van der Waals surface area contributed by atoms with Gasteiger partial charge in [0.15, 0.2) is 11.5 Å². The molecule has 0 aromatic heterocycles. The van der Waals surface area contributed by atoms with Crippen LogP contribution in [0.25, 0.3) is 0 Å². The molecule has 2 aromatic rings. The van der Waals surface area contributed by atoms with E-state index in [-0.39, 0.29) is 23.2 Å². The van der Waals surface area contributed by atoms with Crippen LogP contribution >= 0.6 is 0 Å². The molecule has 1 aliphatic heterocycles. The van der Waals surface area contributed by atoms with Crippen LogP contribution in [0, 0.1) is 0 Å². The molecule has 1 aliphatic rings. The predicted molar refractivity (Wildman–Crippen MR) is 121 cm³/mol. The van der Waals surface area contributed by atoms with Crippen LogP contribution < -0.4 is 9.80 Å². The quantitative estimate of drug-likeness (QED) is 0.765. The van der Waals surface area contributed by atoms with E-state index >= 15 is 0 Å². The summed E-state index contributed by atoms with van der Waals surface area (Å²) in [5, 5.41) is 10.6. The number of carbonyl (C=O) groups excluding carboxylic acids is 2. The standard InChI is InChI=1S/C25H30N2O3/c1-7-20(28)21-22(16-8-12-18(13-9-16)26(5)6)27(24(30)23(21)29)19-14-10-17(11-15-19)25(2,3)4/h8-15,22,29H,7H2,1-6H3. The fraction of sp³-hybridized carbons (Fsp3) is 0.360. The van der Waals surface area contributed by atoms with Crippen LogP contribution in [0.4, 0.5) is 11.4 Å². The van der Waals surface area contributed by atoms with Crippen molar-refractivity contribution in [3.8, 4) is 0 Å². The molecule has 1 heterocycles. The number of hydrogen-bond acceptors (Lipinski definition) is 4. The molecular weight excluding hydrogens is 376 g/mol. The van der Waals surface area contributed by atoms with Gasteiger partial charge in [-0.25, -0.2) is 0 Å². The maximum absolute atomic E-state index is 13.0. The molecule has 1 atom stereocenters. The largest absolute Gasteiger partial charge is 0.503 e. The van der Waals surface area contributed by atoms with Crippen molar-refractivity contribution in [2.45, 2.75) is 45.6 Å². The lowest BCUT2D eigenvalue weighted by molar-refractivity contribution is -0.118. The van der Waals surface area contributed by atoms with Crippen LogP contribution in [0.3, 0.4) is 0 Å². The third-order valence-electron chi connectivity index (χ3n) is 5.57. The zero-order valence-corrected chi connectivity index (χ0v) is 18.6. The van der Waals surface area contributed by atoms with Gasteiger partial charge in [-0.1, -0.05) is 52.0 Å². The summed E-state index contributed by atoms with van der Waals surface area (Å²) < 4.78 is 0. The van der Waals surface area contributed by atoms with Gasteiger partial charge in [0, 0.05) is 31.9 Å². The Balaban J connectivity index is 2.11. The summed E-state index contributed by atoms with van der Waals surface area (Å²) in [6.45, 7) is 8.12. The number of rotatable bonds is 5. The minimum Gasteiger partial charge on any atom is -0.503 e. The molecule has 158 valence electrons. The number of Topliss-reactive ketones (excluding diaryl/α,β-unsaturated/α-hetero) is 1. The smallest absolute Gasteiger partial charge is 0.294 e. The molecule has 1 amide bonds. The van der Waals surface area contributed by atoms with Crippen LogP contribution in [-0.4, -0.2) is 30.9 Å². The average Bonchev–Trinajstić information content (AvgIpc) is 2.98. The number of carbonyl (C=O) groups is 2.